The number of carboxylic acids is 1. The molecule has 0 saturated heterocycles. The zero-order valence-corrected chi connectivity index (χ0v) is 13.2. The third kappa shape index (κ3) is 3.35. The smallest absolute Gasteiger partial charge is 0.303 e. The zero-order chi connectivity index (χ0) is 17.1. The highest BCUT2D eigenvalue weighted by Gasteiger charge is 2.14. The van der Waals surface area contributed by atoms with Crippen molar-refractivity contribution < 1.29 is 14.3 Å². The summed E-state index contributed by atoms with van der Waals surface area (Å²) in [5.74, 6) is -1.41. The summed E-state index contributed by atoms with van der Waals surface area (Å²) in [4.78, 5) is 10.9. The molecule has 24 heavy (non-hydrogen) atoms. The van der Waals surface area contributed by atoms with Gasteiger partial charge in [-0.2, -0.15) is 5.10 Å². The highest BCUT2D eigenvalue weighted by atomic mass is 19.1. The maximum atomic E-state index is 14.2. The van der Waals surface area contributed by atoms with Crippen molar-refractivity contribution in [2.75, 3.05) is 0 Å². The lowest BCUT2D eigenvalue weighted by molar-refractivity contribution is -0.137. The number of para-hydroxylation sites is 1. The molecule has 2 aromatic carbocycles. The highest BCUT2D eigenvalue weighted by Crippen LogP contribution is 2.28. The Hall–Kier alpha value is -2.95. The minimum atomic E-state index is -0.870. The molecule has 0 aliphatic heterocycles. The summed E-state index contributed by atoms with van der Waals surface area (Å²) in [5, 5.41) is 13.2. The molecule has 0 saturated carbocycles. The summed E-state index contributed by atoms with van der Waals surface area (Å²) in [6, 6.07) is 14.3. The number of carboxylic acid groups (broad SMARTS) is 1. The van der Waals surface area contributed by atoms with Crippen molar-refractivity contribution in [2.45, 2.75) is 19.3 Å². The highest BCUT2D eigenvalue weighted by molar-refractivity contribution is 5.69. The van der Waals surface area contributed by atoms with Crippen molar-refractivity contribution in [3.63, 3.8) is 0 Å². The zero-order valence-electron chi connectivity index (χ0n) is 13.2. The molecule has 0 amide bonds. The summed E-state index contributed by atoms with van der Waals surface area (Å²) >= 11 is 0. The molecule has 0 bridgehead atoms. The first kappa shape index (κ1) is 15.9. The van der Waals surface area contributed by atoms with Crippen LogP contribution in [0.2, 0.25) is 0 Å². The van der Waals surface area contributed by atoms with Gasteiger partial charge in [-0.05, 0) is 35.7 Å². The van der Waals surface area contributed by atoms with E-state index in [1.165, 1.54) is 6.07 Å². The predicted molar refractivity (Wildman–Crippen MR) is 89.6 cm³/mol. The quantitative estimate of drug-likeness (QED) is 0.763. The number of rotatable bonds is 5. The molecule has 0 aliphatic rings. The Morgan fingerprint density at radius 2 is 2.00 bits per heavy atom. The fraction of sp³-hybridized carbons (Fsp3) is 0.158. The number of hydrogen-bond donors (Lipinski definition) is 1. The van der Waals surface area contributed by atoms with Crippen LogP contribution in [-0.4, -0.2) is 20.9 Å². The molecular formula is C19H17FN2O2. The average molecular weight is 324 g/mol. The van der Waals surface area contributed by atoms with Crippen molar-refractivity contribution in [1.29, 1.82) is 0 Å². The van der Waals surface area contributed by atoms with E-state index in [-0.39, 0.29) is 18.2 Å². The van der Waals surface area contributed by atoms with Crippen LogP contribution in [0.4, 0.5) is 4.39 Å². The van der Waals surface area contributed by atoms with Crippen molar-refractivity contribution in [3.05, 3.63) is 72.3 Å². The number of nitrogens with zero attached hydrogens (tertiary/aromatic N) is 2. The van der Waals surface area contributed by atoms with Crippen LogP contribution in [0.25, 0.3) is 16.8 Å². The van der Waals surface area contributed by atoms with Crippen molar-refractivity contribution in [1.82, 2.24) is 9.78 Å². The Balaban J connectivity index is 1.95. The molecule has 5 heteroatoms. The first-order valence-corrected chi connectivity index (χ1v) is 7.66. The van der Waals surface area contributed by atoms with Gasteiger partial charge in [0, 0.05) is 17.3 Å². The third-order valence-corrected chi connectivity index (χ3v) is 3.95. The molecule has 1 heterocycles. The van der Waals surface area contributed by atoms with Gasteiger partial charge in [0.2, 0.25) is 0 Å². The minimum Gasteiger partial charge on any atom is -0.481 e. The van der Waals surface area contributed by atoms with Gasteiger partial charge in [-0.3, -0.25) is 4.79 Å². The van der Waals surface area contributed by atoms with E-state index in [4.69, 9.17) is 5.11 Å². The summed E-state index contributed by atoms with van der Waals surface area (Å²) in [6.07, 6.45) is 3.38. The number of halogens is 1. The van der Waals surface area contributed by atoms with Crippen LogP contribution in [-0.2, 0) is 4.79 Å². The molecule has 3 rings (SSSR count). The normalized spacial score (nSPS) is 12.1. The van der Waals surface area contributed by atoms with Gasteiger partial charge >= 0.3 is 5.97 Å². The molecule has 0 spiro atoms. The van der Waals surface area contributed by atoms with Crippen LogP contribution in [0.3, 0.4) is 0 Å². The van der Waals surface area contributed by atoms with Gasteiger partial charge in [0.15, 0.2) is 0 Å². The lowest BCUT2D eigenvalue weighted by atomic mass is 9.94. The van der Waals surface area contributed by atoms with Crippen LogP contribution in [0.1, 0.15) is 24.8 Å². The molecule has 122 valence electrons. The molecule has 1 atom stereocenters. The first-order valence-electron chi connectivity index (χ1n) is 7.66. The molecule has 1 aromatic heterocycles. The fourth-order valence-electron chi connectivity index (χ4n) is 2.63. The predicted octanol–water partition coefficient (Wildman–Crippen LogP) is 4.26. The number of benzene rings is 2. The van der Waals surface area contributed by atoms with Gasteiger partial charge in [0.25, 0.3) is 0 Å². The first-order chi connectivity index (χ1) is 11.5. The van der Waals surface area contributed by atoms with Gasteiger partial charge < -0.3 is 5.11 Å². The molecule has 0 fully saturated rings. The molecule has 1 N–H and O–H groups in total. The largest absolute Gasteiger partial charge is 0.481 e. The van der Waals surface area contributed by atoms with Crippen LogP contribution in [0.15, 0.2) is 60.9 Å². The SMILES string of the molecule is CC(CC(=O)O)c1ccc(F)c(-c2cnn(-c3ccccc3)c2)c1. The van der Waals surface area contributed by atoms with Crippen molar-refractivity contribution in [2.24, 2.45) is 0 Å². The van der Waals surface area contributed by atoms with Crippen LogP contribution in [0.5, 0.6) is 0 Å². The van der Waals surface area contributed by atoms with E-state index in [0.717, 1.165) is 11.3 Å². The van der Waals surface area contributed by atoms with Gasteiger partial charge in [-0.15, -0.1) is 0 Å². The number of aromatic nitrogens is 2. The summed E-state index contributed by atoms with van der Waals surface area (Å²) in [5.41, 5.74) is 2.76. The average Bonchev–Trinajstić information content (AvgIpc) is 3.05. The Morgan fingerprint density at radius 1 is 1.25 bits per heavy atom. The standard InChI is InChI=1S/C19H17FN2O2/c1-13(9-19(23)24)14-7-8-18(20)17(10-14)15-11-21-22(12-15)16-5-3-2-4-6-16/h2-8,10-13H,9H2,1H3,(H,23,24). The second kappa shape index (κ2) is 6.66. The summed E-state index contributed by atoms with van der Waals surface area (Å²) in [7, 11) is 0. The summed E-state index contributed by atoms with van der Waals surface area (Å²) < 4.78 is 15.9. The number of carbonyl (C=O) groups is 1. The van der Waals surface area contributed by atoms with Crippen LogP contribution < -0.4 is 0 Å². The lowest BCUT2D eigenvalue weighted by Crippen LogP contribution is -2.03. The maximum Gasteiger partial charge on any atom is 0.303 e. The van der Waals surface area contributed by atoms with Gasteiger partial charge in [0.1, 0.15) is 5.82 Å². The second-order valence-electron chi connectivity index (χ2n) is 5.75. The van der Waals surface area contributed by atoms with Crippen molar-refractivity contribution in [3.8, 4) is 16.8 Å². The van der Waals surface area contributed by atoms with E-state index in [1.54, 1.807) is 29.2 Å². The Kier molecular flexibility index (Phi) is 4.42. The monoisotopic (exact) mass is 324 g/mol. The Bertz CT molecular complexity index is 859. The van der Waals surface area contributed by atoms with E-state index in [9.17, 15) is 9.18 Å². The third-order valence-electron chi connectivity index (χ3n) is 3.95. The molecular weight excluding hydrogens is 307 g/mol. The molecule has 0 aliphatic carbocycles. The fourth-order valence-corrected chi connectivity index (χ4v) is 2.63. The van der Waals surface area contributed by atoms with Crippen LogP contribution in [0, 0.1) is 5.82 Å². The van der Waals surface area contributed by atoms with Crippen molar-refractivity contribution >= 4 is 5.97 Å². The Labute approximate surface area is 139 Å². The maximum absolute atomic E-state index is 14.2. The molecule has 3 aromatic rings. The molecule has 4 nitrogen and oxygen atoms in total. The topological polar surface area (TPSA) is 55.1 Å². The second-order valence-corrected chi connectivity index (χ2v) is 5.75. The van der Waals surface area contributed by atoms with Gasteiger partial charge in [0.05, 0.1) is 18.3 Å². The van der Waals surface area contributed by atoms with Gasteiger partial charge in [-0.1, -0.05) is 31.2 Å². The van der Waals surface area contributed by atoms with E-state index < -0.39 is 5.97 Å². The summed E-state index contributed by atoms with van der Waals surface area (Å²) in [6.45, 7) is 1.82. The van der Waals surface area contributed by atoms with E-state index >= 15 is 0 Å². The molecule has 0 radical (unpaired) electrons. The van der Waals surface area contributed by atoms with E-state index in [0.29, 0.717) is 11.1 Å². The number of aliphatic carboxylic acids is 1. The Morgan fingerprint density at radius 3 is 2.71 bits per heavy atom. The van der Waals surface area contributed by atoms with Gasteiger partial charge in [-0.25, -0.2) is 9.07 Å². The van der Waals surface area contributed by atoms with E-state index in [2.05, 4.69) is 5.10 Å². The van der Waals surface area contributed by atoms with Crippen LogP contribution >= 0.6 is 0 Å². The lowest BCUT2D eigenvalue weighted by Gasteiger charge is -2.11. The minimum absolute atomic E-state index is 0.00828. The number of hydrogen-bond acceptors (Lipinski definition) is 2. The molecule has 1 unspecified atom stereocenters. The van der Waals surface area contributed by atoms with E-state index in [1.807, 2.05) is 37.3 Å².